The molecule has 0 aliphatic rings. The van der Waals surface area contributed by atoms with E-state index in [2.05, 4.69) is 41.5 Å². The van der Waals surface area contributed by atoms with Crippen LogP contribution < -0.4 is 0 Å². The van der Waals surface area contributed by atoms with Gasteiger partial charge in [-0.15, -0.1) is 0 Å². The monoisotopic (exact) mass is 1540 g/mol. The molecule has 0 spiro atoms. The van der Waals surface area contributed by atoms with E-state index in [1.165, 1.54) is 263 Å². The van der Waals surface area contributed by atoms with Crippen LogP contribution >= 0.6 is 15.6 Å². The van der Waals surface area contributed by atoms with E-state index >= 15 is 0 Å². The fourth-order valence-corrected chi connectivity index (χ4v) is 15.0. The highest BCUT2D eigenvalue weighted by molar-refractivity contribution is 7.47. The lowest BCUT2D eigenvalue weighted by Crippen LogP contribution is -2.30. The lowest BCUT2D eigenvalue weighted by molar-refractivity contribution is -0.161. The quantitative estimate of drug-likeness (QED) is 0.0222. The minimum atomic E-state index is -4.96. The van der Waals surface area contributed by atoms with E-state index in [0.29, 0.717) is 25.7 Å². The van der Waals surface area contributed by atoms with Crippen molar-refractivity contribution in [2.75, 3.05) is 39.6 Å². The van der Waals surface area contributed by atoms with Gasteiger partial charge in [-0.25, -0.2) is 9.13 Å². The number of hydrogen-bond donors (Lipinski definition) is 3. The van der Waals surface area contributed by atoms with Crippen LogP contribution in [0, 0.1) is 11.8 Å². The van der Waals surface area contributed by atoms with Crippen LogP contribution in [0.1, 0.15) is 459 Å². The number of aliphatic hydroxyl groups is 1. The van der Waals surface area contributed by atoms with E-state index in [1.54, 1.807) is 0 Å². The molecule has 0 aromatic heterocycles. The molecule has 3 N–H and O–H groups in total. The number of carbonyl (C=O) groups excluding carboxylic acids is 4. The van der Waals surface area contributed by atoms with Crippen molar-refractivity contribution in [3.63, 3.8) is 0 Å². The number of phosphoric ester groups is 2. The lowest BCUT2D eigenvalue weighted by atomic mass is 10.0. The Kier molecular flexibility index (Phi) is 76.0. The molecular weight excluding hydrogens is 1370 g/mol. The summed E-state index contributed by atoms with van der Waals surface area (Å²) in [5.74, 6) is -0.463. The van der Waals surface area contributed by atoms with Gasteiger partial charge >= 0.3 is 39.5 Å². The van der Waals surface area contributed by atoms with Crippen molar-refractivity contribution in [1.29, 1.82) is 0 Å². The molecule has 0 saturated carbocycles. The molecule has 0 aliphatic carbocycles. The molecule has 0 aromatic rings. The summed E-state index contributed by atoms with van der Waals surface area (Å²) >= 11 is 0. The summed E-state index contributed by atoms with van der Waals surface area (Å²) in [5.41, 5.74) is 0. The molecule has 0 rings (SSSR count). The smallest absolute Gasteiger partial charge is 0.462 e. The van der Waals surface area contributed by atoms with Crippen LogP contribution in [0.4, 0.5) is 0 Å². The standard InChI is InChI=1S/C86H168O17P2/c1-7-9-11-13-15-16-17-18-19-30-36-41-46-52-58-64-70-85(90)102-81(74-96-83(88)68-62-56-48-14-12-10-8-2)76-100-104(92,93)98-72-80(87)73-99-105(94,95)101-77-82(103-86(91)71-65-59-53-47-42-37-32-27-23-21-25-29-34-39-44-50-55-61-67-79(5)6)75-97-84(89)69-63-57-51-45-40-35-31-26-22-20-24-28-33-38-43-49-54-60-66-78(3)4/h78-82,87H,7-77H2,1-6H3,(H,92,93)(H,94,95)/t80-,81+,82+/m0/s1. The number of ether oxygens (including phenoxy) is 4. The topological polar surface area (TPSA) is 237 Å². The SMILES string of the molecule is CCCCCCCCCCCCCCCCCCC(=O)O[C@H](COC(=O)CCCCCCCCC)COP(=O)(O)OC[C@H](O)COP(=O)(O)OC[C@@H](COC(=O)CCCCCCCCCCCCCCCCCCCCC(C)C)OC(=O)CCCCCCCCCCCCCCCCCCCCC(C)C. The Balaban J connectivity index is 5.16. The average molecular weight is 1540 g/mol. The van der Waals surface area contributed by atoms with Crippen LogP contribution in [-0.4, -0.2) is 96.7 Å². The number of rotatable bonds is 85. The number of aliphatic hydroxyl groups excluding tert-OH is 1. The summed E-state index contributed by atoms with van der Waals surface area (Å²) in [4.78, 5) is 73.0. The van der Waals surface area contributed by atoms with Gasteiger partial charge in [0.1, 0.15) is 19.3 Å². The second-order valence-corrected chi connectivity index (χ2v) is 34.8. The molecule has 0 saturated heterocycles. The summed E-state index contributed by atoms with van der Waals surface area (Å²) in [5, 5.41) is 10.7. The fraction of sp³-hybridized carbons (Fsp3) is 0.953. The maximum absolute atomic E-state index is 13.1. The van der Waals surface area contributed by atoms with Gasteiger partial charge in [-0.2, -0.15) is 0 Å². The Morgan fingerprint density at radius 3 is 0.648 bits per heavy atom. The second kappa shape index (κ2) is 77.4. The highest BCUT2D eigenvalue weighted by Gasteiger charge is 2.30. The van der Waals surface area contributed by atoms with Gasteiger partial charge in [0.15, 0.2) is 12.2 Å². The highest BCUT2D eigenvalue weighted by atomic mass is 31.2. The Labute approximate surface area is 645 Å². The zero-order valence-electron chi connectivity index (χ0n) is 69.0. The average Bonchev–Trinajstić information content (AvgIpc) is 0.907. The first-order valence-corrected chi connectivity index (χ1v) is 47.5. The maximum atomic E-state index is 13.1. The molecule has 0 amide bonds. The summed E-state index contributed by atoms with van der Waals surface area (Å²) in [6.45, 7) is 9.70. The molecule has 624 valence electrons. The maximum Gasteiger partial charge on any atom is 0.472 e. The van der Waals surface area contributed by atoms with Crippen molar-refractivity contribution in [1.82, 2.24) is 0 Å². The predicted molar refractivity (Wildman–Crippen MR) is 432 cm³/mol. The zero-order chi connectivity index (χ0) is 77.1. The Morgan fingerprint density at radius 2 is 0.438 bits per heavy atom. The van der Waals surface area contributed by atoms with E-state index in [9.17, 15) is 43.2 Å². The predicted octanol–water partition coefficient (Wildman–Crippen LogP) is 26.2. The number of hydrogen-bond acceptors (Lipinski definition) is 15. The van der Waals surface area contributed by atoms with Crippen molar-refractivity contribution in [2.24, 2.45) is 11.8 Å². The van der Waals surface area contributed by atoms with E-state index in [4.69, 9.17) is 37.0 Å². The molecule has 17 nitrogen and oxygen atoms in total. The molecule has 0 bridgehead atoms. The van der Waals surface area contributed by atoms with Crippen LogP contribution in [0.2, 0.25) is 0 Å². The molecule has 105 heavy (non-hydrogen) atoms. The largest absolute Gasteiger partial charge is 0.472 e. The Morgan fingerprint density at radius 1 is 0.257 bits per heavy atom. The van der Waals surface area contributed by atoms with Gasteiger partial charge in [-0.1, -0.05) is 408 Å². The van der Waals surface area contributed by atoms with Gasteiger partial charge in [-0.3, -0.25) is 37.3 Å². The third kappa shape index (κ3) is 79.9. The number of phosphoric acid groups is 2. The molecule has 5 atom stereocenters. The van der Waals surface area contributed by atoms with Gasteiger partial charge in [0.05, 0.1) is 26.4 Å². The first-order valence-electron chi connectivity index (χ1n) is 44.5. The van der Waals surface area contributed by atoms with Crippen LogP contribution in [-0.2, 0) is 65.4 Å². The highest BCUT2D eigenvalue weighted by Crippen LogP contribution is 2.45. The summed E-state index contributed by atoms with van der Waals surface area (Å²) < 4.78 is 68.8. The normalized spacial score (nSPS) is 13.8. The minimum Gasteiger partial charge on any atom is -0.462 e. The van der Waals surface area contributed by atoms with Crippen LogP contribution in [0.5, 0.6) is 0 Å². The zero-order valence-corrected chi connectivity index (χ0v) is 70.8. The van der Waals surface area contributed by atoms with Crippen molar-refractivity contribution in [3.8, 4) is 0 Å². The lowest BCUT2D eigenvalue weighted by Gasteiger charge is -2.21. The van der Waals surface area contributed by atoms with Gasteiger partial charge in [-0.05, 0) is 37.5 Å². The van der Waals surface area contributed by atoms with Gasteiger partial charge < -0.3 is 33.8 Å². The van der Waals surface area contributed by atoms with Gasteiger partial charge in [0.25, 0.3) is 0 Å². The molecule has 0 aliphatic heterocycles. The Bertz CT molecular complexity index is 2010. The summed E-state index contributed by atoms with van der Waals surface area (Å²) in [6.07, 6.45) is 69.7. The second-order valence-electron chi connectivity index (χ2n) is 31.9. The summed E-state index contributed by atoms with van der Waals surface area (Å²) in [6, 6.07) is 0. The number of carbonyl (C=O) groups is 4. The van der Waals surface area contributed by atoms with Crippen molar-refractivity contribution in [3.05, 3.63) is 0 Å². The molecule has 0 radical (unpaired) electrons. The van der Waals surface area contributed by atoms with Crippen LogP contribution in [0.25, 0.3) is 0 Å². The van der Waals surface area contributed by atoms with Crippen LogP contribution in [0.3, 0.4) is 0 Å². The molecule has 0 aromatic carbocycles. The third-order valence-corrected chi connectivity index (χ3v) is 22.1. The molecule has 0 fully saturated rings. The van der Waals surface area contributed by atoms with E-state index in [-0.39, 0.29) is 25.7 Å². The Hall–Kier alpha value is -1.94. The van der Waals surface area contributed by atoms with Crippen molar-refractivity contribution in [2.45, 2.75) is 477 Å². The van der Waals surface area contributed by atoms with Gasteiger partial charge in [0, 0.05) is 25.7 Å². The van der Waals surface area contributed by atoms with E-state index < -0.39 is 97.5 Å². The molecule has 2 unspecified atom stereocenters. The minimum absolute atomic E-state index is 0.108. The molecule has 19 heteroatoms. The van der Waals surface area contributed by atoms with E-state index in [0.717, 1.165) is 115 Å². The third-order valence-electron chi connectivity index (χ3n) is 20.2. The number of esters is 4. The number of unbranched alkanes of at least 4 members (excludes halogenated alkanes) is 55. The molecular formula is C86H168O17P2. The van der Waals surface area contributed by atoms with Crippen LogP contribution in [0.15, 0.2) is 0 Å². The first-order chi connectivity index (χ1) is 50.9. The molecule has 0 heterocycles. The van der Waals surface area contributed by atoms with Gasteiger partial charge in [0.2, 0.25) is 0 Å². The van der Waals surface area contributed by atoms with E-state index in [1.807, 2.05) is 0 Å². The first kappa shape index (κ1) is 103. The fourth-order valence-electron chi connectivity index (χ4n) is 13.4. The van der Waals surface area contributed by atoms with Crippen molar-refractivity contribution >= 4 is 39.5 Å². The summed E-state index contributed by atoms with van der Waals surface area (Å²) in [7, 11) is -9.92. The van der Waals surface area contributed by atoms with Crippen molar-refractivity contribution < 1.29 is 80.2 Å².